The maximum absolute atomic E-state index is 5.41. The van der Waals surface area contributed by atoms with Crippen LogP contribution in [0.3, 0.4) is 0 Å². The molecule has 1 saturated carbocycles. The Balaban J connectivity index is 1.84. The standard InChI is InChI=1S/C16H24N2OS/c1-19-15-11-7-10-14(12-15)18-16(20)17-13-8-5-3-2-4-6-9-13/h7,10-13H,2-6,8-9H2,1H3,(H2,17,18,20). The average molecular weight is 292 g/mol. The van der Waals surface area contributed by atoms with E-state index < -0.39 is 0 Å². The number of nitrogens with one attached hydrogen (secondary N) is 2. The minimum Gasteiger partial charge on any atom is -0.497 e. The number of methoxy groups -OCH3 is 1. The van der Waals surface area contributed by atoms with Crippen LogP contribution in [0.5, 0.6) is 5.75 Å². The van der Waals surface area contributed by atoms with Gasteiger partial charge in [0.1, 0.15) is 5.75 Å². The quantitative estimate of drug-likeness (QED) is 0.822. The minimum atomic E-state index is 0.515. The average Bonchev–Trinajstić information content (AvgIpc) is 2.42. The Morgan fingerprint density at radius 1 is 1.15 bits per heavy atom. The molecule has 4 heteroatoms. The lowest BCUT2D eigenvalue weighted by Crippen LogP contribution is -2.38. The topological polar surface area (TPSA) is 33.3 Å². The molecule has 20 heavy (non-hydrogen) atoms. The van der Waals surface area contributed by atoms with E-state index >= 15 is 0 Å². The van der Waals surface area contributed by atoms with Crippen molar-refractivity contribution in [3.8, 4) is 5.75 Å². The van der Waals surface area contributed by atoms with Crippen LogP contribution in [0.4, 0.5) is 5.69 Å². The molecule has 0 aromatic heterocycles. The van der Waals surface area contributed by atoms with Gasteiger partial charge in [-0.3, -0.25) is 0 Å². The third kappa shape index (κ3) is 5.00. The van der Waals surface area contributed by atoms with Crippen LogP contribution in [0.15, 0.2) is 24.3 Å². The first kappa shape index (κ1) is 15.1. The SMILES string of the molecule is COc1cccc(NC(=S)NC2CCCCCCC2)c1. The fourth-order valence-corrected chi connectivity index (χ4v) is 2.94. The van der Waals surface area contributed by atoms with Crippen LogP contribution in [0, 0.1) is 0 Å². The summed E-state index contributed by atoms with van der Waals surface area (Å²) in [5.41, 5.74) is 0.965. The fourth-order valence-electron chi connectivity index (χ4n) is 2.65. The van der Waals surface area contributed by atoms with Crippen molar-refractivity contribution in [3.63, 3.8) is 0 Å². The normalized spacial score (nSPS) is 16.9. The summed E-state index contributed by atoms with van der Waals surface area (Å²) < 4.78 is 5.21. The van der Waals surface area contributed by atoms with Crippen LogP contribution < -0.4 is 15.4 Å². The van der Waals surface area contributed by atoms with Crippen molar-refractivity contribution in [3.05, 3.63) is 24.3 Å². The van der Waals surface area contributed by atoms with Crippen molar-refractivity contribution in [2.45, 2.75) is 51.0 Å². The zero-order valence-corrected chi connectivity index (χ0v) is 13.0. The zero-order valence-electron chi connectivity index (χ0n) is 12.2. The molecule has 0 radical (unpaired) electrons. The Morgan fingerprint density at radius 2 is 1.85 bits per heavy atom. The third-order valence-electron chi connectivity index (χ3n) is 3.77. The number of benzene rings is 1. The molecule has 1 aliphatic carbocycles. The molecule has 0 saturated heterocycles. The highest BCUT2D eigenvalue weighted by atomic mass is 32.1. The lowest BCUT2D eigenvalue weighted by molar-refractivity contribution is 0.415. The van der Waals surface area contributed by atoms with E-state index in [1.165, 1.54) is 44.9 Å². The highest BCUT2D eigenvalue weighted by molar-refractivity contribution is 7.80. The Bertz CT molecular complexity index is 428. The molecule has 0 bridgehead atoms. The van der Waals surface area contributed by atoms with E-state index in [0.717, 1.165) is 11.4 Å². The molecule has 2 rings (SSSR count). The smallest absolute Gasteiger partial charge is 0.170 e. The van der Waals surface area contributed by atoms with Gasteiger partial charge in [0, 0.05) is 17.8 Å². The molecule has 0 spiro atoms. The minimum absolute atomic E-state index is 0.515. The van der Waals surface area contributed by atoms with Crippen LogP contribution in [0.1, 0.15) is 44.9 Å². The van der Waals surface area contributed by atoms with Gasteiger partial charge in [0.15, 0.2) is 5.11 Å². The van der Waals surface area contributed by atoms with Crippen LogP contribution in [0.2, 0.25) is 0 Å². The summed E-state index contributed by atoms with van der Waals surface area (Å²) in [6.07, 6.45) is 9.15. The summed E-state index contributed by atoms with van der Waals surface area (Å²) in [5.74, 6) is 0.837. The first-order valence-electron chi connectivity index (χ1n) is 7.49. The Morgan fingerprint density at radius 3 is 2.55 bits per heavy atom. The fraction of sp³-hybridized carbons (Fsp3) is 0.562. The van der Waals surface area contributed by atoms with E-state index in [4.69, 9.17) is 17.0 Å². The van der Waals surface area contributed by atoms with E-state index in [0.29, 0.717) is 11.2 Å². The molecule has 1 aromatic carbocycles. The summed E-state index contributed by atoms with van der Waals surface area (Å²) in [7, 11) is 1.67. The van der Waals surface area contributed by atoms with E-state index in [2.05, 4.69) is 10.6 Å². The number of ether oxygens (including phenoxy) is 1. The highest BCUT2D eigenvalue weighted by Gasteiger charge is 2.12. The van der Waals surface area contributed by atoms with Gasteiger partial charge in [-0.25, -0.2) is 0 Å². The van der Waals surface area contributed by atoms with Gasteiger partial charge in [-0.1, -0.05) is 38.2 Å². The molecule has 1 aromatic rings. The van der Waals surface area contributed by atoms with Crippen molar-refractivity contribution in [1.82, 2.24) is 5.32 Å². The third-order valence-corrected chi connectivity index (χ3v) is 3.99. The molecule has 0 heterocycles. The molecular weight excluding hydrogens is 268 g/mol. The Hall–Kier alpha value is -1.29. The van der Waals surface area contributed by atoms with Crippen LogP contribution in [0.25, 0.3) is 0 Å². The number of hydrogen-bond acceptors (Lipinski definition) is 2. The first-order valence-corrected chi connectivity index (χ1v) is 7.90. The molecule has 110 valence electrons. The molecule has 3 nitrogen and oxygen atoms in total. The van der Waals surface area contributed by atoms with Crippen LogP contribution in [-0.4, -0.2) is 18.3 Å². The summed E-state index contributed by atoms with van der Waals surface area (Å²) in [4.78, 5) is 0. The van der Waals surface area contributed by atoms with Gasteiger partial charge in [0.2, 0.25) is 0 Å². The lowest BCUT2D eigenvalue weighted by atomic mass is 9.97. The molecular formula is C16H24N2OS. The number of anilines is 1. The summed E-state index contributed by atoms with van der Waals surface area (Å²) in [6.45, 7) is 0. The van der Waals surface area contributed by atoms with Crippen LogP contribution in [-0.2, 0) is 0 Å². The van der Waals surface area contributed by atoms with Crippen molar-refractivity contribution in [2.24, 2.45) is 0 Å². The molecule has 0 amide bonds. The Kier molecular flexibility index (Phi) is 6.12. The van der Waals surface area contributed by atoms with Crippen molar-refractivity contribution >= 4 is 23.0 Å². The molecule has 0 atom stereocenters. The summed E-state index contributed by atoms with van der Waals surface area (Å²) in [6, 6.07) is 8.34. The predicted molar refractivity (Wildman–Crippen MR) is 88.5 cm³/mol. The van der Waals surface area contributed by atoms with E-state index in [-0.39, 0.29) is 0 Å². The lowest BCUT2D eigenvalue weighted by Gasteiger charge is -2.23. The molecule has 0 aliphatic heterocycles. The Labute approximate surface area is 127 Å². The van der Waals surface area contributed by atoms with E-state index in [1.54, 1.807) is 7.11 Å². The highest BCUT2D eigenvalue weighted by Crippen LogP contribution is 2.18. The van der Waals surface area contributed by atoms with Gasteiger partial charge in [0.25, 0.3) is 0 Å². The van der Waals surface area contributed by atoms with Crippen molar-refractivity contribution in [1.29, 1.82) is 0 Å². The van der Waals surface area contributed by atoms with Crippen molar-refractivity contribution in [2.75, 3.05) is 12.4 Å². The van der Waals surface area contributed by atoms with Gasteiger partial charge >= 0.3 is 0 Å². The van der Waals surface area contributed by atoms with Gasteiger partial charge in [-0.2, -0.15) is 0 Å². The first-order chi connectivity index (χ1) is 9.78. The maximum Gasteiger partial charge on any atom is 0.170 e. The number of rotatable bonds is 3. The monoisotopic (exact) mass is 292 g/mol. The maximum atomic E-state index is 5.41. The summed E-state index contributed by atoms with van der Waals surface area (Å²) >= 11 is 5.41. The second-order valence-electron chi connectivity index (χ2n) is 5.37. The molecule has 0 unspecified atom stereocenters. The second kappa shape index (κ2) is 8.10. The molecule has 2 N–H and O–H groups in total. The van der Waals surface area contributed by atoms with E-state index in [1.807, 2.05) is 24.3 Å². The predicted octanol–water partition coefficient (Wildman–Crippen LogP) is 4.09. The second-order valence-corrected chi connectivity index (χ2v) is 5.78. The zero-order chi connectivity index (χ0) is 14.2. The van der Waals surface area contributed by atoms with Crippen molar-refractivity contribution < 1.29 is 4.74 Å². The van der Waals surface area contributed by atoms with Crippen LogP contribution >= 0.6 is 12.2 Å². The summed E-state index contributed by atoms with van der Waals surface area (Å²) in [5, 5.41) is 7.40. The van der Waals surface area contributed by atoms with Gasteiger partial charge < -0.3 is 15.4 Å². The largest absolute Gasteiger partial charge is 0.497 e. The molecule has 1 fully saturated rings. The van der Waals surface area contributed by atoms with Gasteiger partial charge in [-0.05, 0) is 37.2 Å². The molecule has 1 aliphatic rings. The number of hydrogen-bond donors (Lipinski definition) is 2. The van der Waals surface area contributed by atoms with Gasteiger partial charge in [-0.15, -0.1) is 0 Å². The van der Waals surface area contributed by atoms with Gasteiger partial charge in [0.05, 0.1) is 7.11 Å². The number of thiocarbonyl (C=S) groups is 1. The van der Waals surface area contributed by atoms with E-state index in [9.17, 15) is 0 Å².